The van der Waals surface area contributed by atoms with Crippen LogP contribution in [0.3, 0.4) is 0 Å². The van der Waals surface area contributed by atoms with Crippen molar-refractivity contribution in [2.75, 3.05) is 13.7 Å². The second-order valence-corrected chi connectivity index (χ2v) is 5.80. The fourth-order valence-corrected chi connectivity index (χ4v) is 2.71. The van der Waals surface area contributed by atoms with Crippen LogP contribution in [-0.4, -0.2) is 37.4 Å². The second-order valence-electron chi connectivity index (χ2n) is 5.80. The average Bonchev–Trinajstić information content (AvgIpc) is 2.52. The fraction of sp³-hybridized carbons (Fsp3) is 0.529. The first kappa shape index (κ1) is 19.5. The van der Waals surface area contributed by atoms with E-state index in [0.29, 0.717) is 17.4 Å². The quantitative estimate of drug-likeness (QED) is 0.780. The Balaban J connectivity index is 0.00000264. The Kier molecular flexibility index (Phi) is 8.06. The number of amides is 1. The summed E-state index contributed by atoms with van der Waals surface area (Å²) >= 11 is 0. The molecule has 0 spiro atoms. The summed E-state index contributed by atoms with van der Waals surface area (Å²) in [5.41, 5.74) is 0.615. The van der Waals surface area contributed by atoms with Gasteiger partial charge in [-0.2, -0.15) is 0 Å². The van der Waals surface area contributed by atoms with Crippen LogP contribution in [-0.2, 0) is 4.79 Å². The van der Waals surface area contributed by atoms with Crippen molar-refractivity contribution in [2.45, 2.75) is 44.7 Å². The molecule has 2 atom stereocenters. The van der Waals surface area contributed by atoms with Gasteiger partial charge in [0.05, 0.1) is 7.11 Å². The van der Waals surface area contributed by atoms with E-state index in [2.05, 4.69) is 17.6 Å². The van der Waals surface area contributed by atoms with Gasteiger partial charge < -0.3 is 15.4 Å². The van der Waals surface area contributed by atoms with Gasteiger partial charge in [0.1, 0.15) is 5.75 Å². The van der Waals surface area contributed by atoms with E-state index in [9.17, 15) is 9.59 Å². The van der Waals surface area contributed by atoms with Crippen molar-refractivity contribution in [3.8, 4) is 5.75 Å². The summed E-state index contributed by atoms with van der Waals surface area (Å²) in [5.74, 6) is 0.659. The molecule has 5 nitrogen and oxygen atoms in total. The van der Waals surface area contributed by atoms with Gasteiger partial charge in [0.25, 0.3) is 0 Å². The van der Waals surface area contributed by atoms with Crippen LogP contribution in [0, 0.1) is 0 Å². The maximum Gasteiger partial charge on any atom is 0.220 e. The predicted octanol–water partition coefficient (Wildman–Crippen LogP) is 2.34. The number of benzene rings is 1. The van der Waals surface area contributed by atoms with Crippen molar-refractivity contribution < 1.29 is 14.3 Å². The number of hydrogen-bond acceptors (Lipinski definition) is 4. The smallest absolute Gasteiger partial charge is 0.220 e. The summed E-state index contributed by atoms with van der Waals surface area (Å²) in [6.07, 6.45) is 2.36. The summed E-state index contributed by atoms with van der Waals surface area (Å²) < 4.78 is 5.06. The zero-order chi connectivity index (χ0) is 15.9. The number of hydrogen-bond donors (Lipinski definition) is 2. The van der Waals surface area contributed by atoms with Crippen molar-refractivity contribution >= 4 is 24.1 Å². The lowest BCUT2D eigenvalue weighted by molar-refractivity contribution is -0.122. The van der Waals surface area contributed by atoms with Crippen molar-refractivity contribution in [3.63, 3.8) is 0 Å². The van der Waals surface area contributed by atoms with E-state index < -0.39 is 0 Å². The molecule has 1 aromatic carbocycles. The molecule has 1 heterocycles. The summed E-state index contributed by atoms with van der Waals surface area (Å²) in [6.45, 7) is 3.04. The van der Waals surface area contributed by atoms with E-state index in [-0.39, 0.29) is 43.0 Å². The topological polar surface area (TPSA) is 67.4 Å². The highest BCUT2D eigenvalue weighted by Crippen LogP contribution is 2.14. The Morgan fingerprint density at radius 1 is 1.26 bits per heavy atom. The monoisotopic (exact) mass is 340 g/mol. The Morgan fingerprint density at radius 3 is 2.57 bits per heavy atom. The van der Waals surface area contributed by atoms with Gasteiger partial charge in [0.15, 0.2) is 5.78 Å². The number of halogens is 1. The number of nitrogens with one attached hydrogen (secondary N) is 2. The fourth-order valence-electron chi connectivity index (χ4n) is 2.71. The number of ketones is 1. The third kappa shape index (κ3) is 6.20. The third-order valence-electron chi connectivity index (χ3n) is 3.98. The molecular formula is C17H25ClN2O3. The van der Waals surface area contributed by atoms with Gasteiger partial charge in [0, 0.05) is 30.5 Å². The average molecular weight is 341 g/mol. The summed E-state index contributed by atoms with van der Waals surface area (Å²) in [7, 11) is 1.59. The van der Waals surface area contributed by atoms with Crippen molar-refractivity contribution in [1.82, 2.24) is 10.6 Å². The lowest BCUT2D eigenvalue weighted by Gasteiger charge is -2.28. The Labute approximate surface area is 143 Å². The van der Waals surface area contributed by atoms with Crippen molar-refractivity contribution in [1.29, 1.82) is 0 Å². The summed E-state index contributed by atoms with van der Waals surface area (Å²) in [6, 6.07) is 7.62. The Bertz CT molecular complexity index is 519. The molecule has 23 heavy (non-hydrogen) atoms. The highest BCUT2D eigenvalue weighted by molar-refractivity contribution is 5.98. The normalized spacial score (nSPS) is 20.3. The lowest BCUT2D eigenvalue weighted by atomic mass is 10.00. The molecule has 2 rings (SSSR count). The van der Waals surface area contributed by atoms with Crippen LogP contribution < -0.4 is 15.4 Å². The van der Waals surface area contributed by atoms with Crippen LogP contribution in [0.4, 0.5) is 0 Å². The molecule has 0 aliphatic carbocycles. The minimum Gasteiger partial charge on any atom is -0.497 e. The van der Waals surface area contributed by atoms with Gasteiger partial charge >= 0.3 is 0 Å². The van der Waals surface area contributed by atoms with Crippen LogP contribution in [0.5, 0.6) is 5.75 Å². The lowest BCUT2D eigenvalue weighted by Crippen LogP contribution is -2.46. The predicted molar refractivity (Wildman–Crippen MR) is 92.4 cm³/mol. The molecule has 0 saturated carbocycles. The van der Waals surface area contributed by atoms with Crippen molar-refractivity contribution in [3.05, 3.63) is 29.8 Å². The summed E-state index contributed by atoms with van der Waals surface area (Å²) in [5, 5.41) is 6.37. The highest BCUT2D eigenvalue weighted by atomic mass is 35.5. The van der Waals surface area contributed by atoms with Crippen molar-refractivity contribution in [2.24, 2.45) is 0 Å². The zero-order valence-corrected chi connectivity index (χ0v) is 14.4. The first-order chi connectivity index (χ1) is 10.6. The molecule has 128 valence electrons. The maximum absolute atomic E-state index is 12.1. The molecule has 6 heteroatoms. The van der Waals surface area contributed by atoms with E-state index in [1.165, 1.54) is 0 Å². The van der Waals surface area contributed by atoms with Gasteiger partial charge in [-0.15, -0.1) is 12.4 Å². The van der Waals surface area contributed by atoms with E-state index in [4.69, 9.17) is 4.74 Å². The molecule has 1 aliphatic rings. The highest BCUT2D eigenvalue weighted by Gasteiger charge is 2.20. The number of carbonyl (C=O) groups excluding carboxylic acids is 2. The largest absolute Gasteiger partial charge is 0.497 e. The van der Waals surface area contributed by atoms with Gasteiger partial charge in [0.2, 0.25) is 5.91 Å². The molecule has 1 aromatic rings. The molecule has 1 amide bonds. The molecule has 1 aliphatic heterocycles. The Hall–Kier alpha value is -1.59. The molecular weight excluding hydrogens is 316 g/mol. The van der Waals surface area contributed by atoms with Crippen LogP contribution in [0.1, 0.15) is 43.0 Å². The number of Topliss-reactive ketones (excluding diaryl/α,β-unsaturated/α-hetero) is 1. The SMILES string of the molecule is COc1ccc(C(=O)CCC(=O)NC2CCNC(C)C2)cc1.Cl. The number of rotatable bonds is 6. The second kappa shape index (κ2) is 9.53. The number of carbonyl (C=O) groups is 2. The molecule has 0 radical (unpaired) electrons. The van der Waals surface area contributed by atoms with Gasteiger partial charge in [-0.3, -0.25) is 9.59 Å². The number of piperidine rings is 1. The molecule has 0 bridgehead atoms. The molecule has 0 aromatic heterocycles. The number of ether oxygens (including phenoxy) is 1. The Morgan fingerprint density at radius 2 is 1.96 bits per heavy atom. The molecule has 1 saturated heterocycles. The molecule has 2 N–H and O–H groups in total. The summed E-state index contributed by atoms with van der Waals surface area (Å²) in [4.78, 5) is 24.0. The molecule has 2 unspecified atom stereocenters. The molecule has 1 fully saturated rings. The minimum atomic E-state index is -0.0408. The van der Waals surface area contributed by atoms with Crippen LogP contribution in [0.15, 0.2) is 24.3 Å². The first-order valence-corrected chi connectivity index (χ1v) is 7.78. The minimum absolute atomic E-state index is 0. The first-order valence-electron chi connectivity index (χ1n) is 7.78. The van der Waals surface area contributed by atoms with Gasteiger partial charge in [-0.1, -0.05) is 0 Å². The van der Waals surface area contributed by atoms with Crippen LogP contribution in [0.25, 0.3) is 0 Å². The zero-order valence-electron chi connectivity index (χ0n) is 13.6. The standard InChI is InChI=1S/C17H24N2O3.ClH/c1-12-11-14(9-10-18-12)19-17(21)8-7-16(20)13-3-5-15(22-2)6-4-13;/h3-6,12,14,18H,7-11H2,1-2H3,(H,19,21);1H. The van der Waals surface area contributed by atoms with E-state index in [0.717, 1.165) is 19.4 Å². The van der Waals surface area contributed by atoms with E-state index >= 15 is 0 Å². The van der Waals surface area contributed by atoms with E-state index in [1.54, 1.807) is 31.4 Å². The number of methoxy groups -OCH3 is 1. The van der Waals surface area contributed by atoms with Gasteiger partial charge in [-0.25, -0.2) is 0 Å². The maximum atomic E-state index is 12.1. The van der Waals surface area contributed by atoms with E-state index in [1.807, 2.05) is 0 Å². The van der Waals surface area contributed by atoms with Gasteiger partial charge in [-0.05, 0) is 50.6 Å². The van der Waals surface area contributed by atoms with Crippen LogP contribution in [0.2, 0.25) is 0 Å². The third-order valence-corrected chi connectivity index (χ3v) is 3.98. The van der Waals surface area contributed by atoms with Crippen LogP contribution >= 0.6 is 12.4 Å².